The summed E-state index contributed by atoms with van der Waals surface area (Å²) in [6.07, 6.45) is 4.53. The molecule has 1 heterocycles. The van der Waals surface area contributed by atoms with E-state index in [0.717, 1.165) is 45.0 Å². The molecule has 1 aliphatic heterocycles. The van der Waals surface area contributed by atoms with Gasteiger partial charge in [-0.1, -0.05) is 18.1 Å². The van der Waals surface area contributed by atoms with E-state index in [1.807, 2.05) is 0 Å². The van der Waals surface area contributed by atoms with E-state index in [0.29, 0.717) is 13.1 Å². The smallest absolute Gasteiger partial charge is 0.123 e. The van der Waals surface area contributed by atoms with Crippen molar-refractivity contribution in [3.05, 3.63) is 35.6 Å². The molecule has 1 aromatic rings. The Labute approximate surface area is 149 Å². The van der Waals surface area contributed by atoms with Gasteiger partial charge in [-0.15, -0.1) is 6.42 Å². The molecule has 5 nitrogen and oxygen atoms in total. The van der Waals surface area contributed by atoms with E-state index in [9.17, 15) is 9.50 Å². The van der Waals surface area contributed by atoms with Crippen LogP contribution in [0, 0.1) is 18.2 Å². The van der Waals surface area contributed by atoms with E-state index in [-0.39, 0.29) is 19.0 Å². The second-order valence-corrected chi connectivity index (χ2v) is 6.19. The summed E-state index contributed by atoms with van der Waals surface area (Å²) in [4.78, 5) is 4.51. The fraction of sp³-hybridized carbons (Fsp3) is 0.579. The fourth-order valence-electron chi connectivity index (χ4n) is 2.80. The molecule has 1 saturated heterocycles. The molecule has 138 valence electrons. The zero-order chi connectivity index (χ0) is 17.9. The number of nitrogens with zero attached hydrogens (tertiary/aromatic N) is 2. The van der Waals surface area contributed by atoms with Crippen LogP contribution in [0.2, 0.25) is 0 Å². The van der Waals surface area contributed by atoms with Gasteiger partial charge < -0.3 is 14.6 Å². The molecule has 0 saturated carbocycles. The molecule has 1 atom stereocenters. The summed E-state index contributed by atoms with van der Waals surface area (Å²) >= 11 is 0. The van der Waals surface area contributed by atoms with Crippen molar-refractivity contribution < 1.29 is 19.0 Å². The summed E-state index contributed by atoms with van der Waals surface area (Å²) in [5.41, 5.74) is 1.01. The topological polar surface area (TPSA) is 45.2 Å². The van der Waals surface area contributed by atoms with Crippen LogP contribution in [0.15, 0.2) is 24.3 Å². The lowest BCUT2D eigenvalue weighted by Gasteiger charge is -2.31. The third-order valence-electron chi connectivity index (χ3n) is 4.12. The average molecular weight is 350 g/mol. The Kier molecular flexibility index (Phi) is 8.87. The van der Waals surface area contributed by atoms with E-state index in [2.05, 4.69) is 15.7 Å². The second-order valence-electron chi connectivity index (χ2n) is 6.19. The summed E-state index contributed by atoms with van der Waals surface area (Å²) in [6.45, 7) is 6.64. The number of benzene rings is 1. The van der Waals surface area contributed by atoms with E-state index in [4.69, 9.17) is 15.9 Å². The maximum Gasteiger partial charge on any atom is 0.123 e. The quantitative estimate of drug-likeness (QED) is 0.503. The minimum Gasteiger partial charge on any atom is -0.389 e. The molecule has 1 aliphatic rings. The van der Waals surface area contributed by atoms with E-state index in [1.54, 1.807) is 12.1 Å². The normalized spacial score (nSPS) is 16.7. The molecule has 0 amide bonds. The van der Waals surface area contributed by atoms with Crippen molar-refractivity contribution in [1.29, 1.82) is 0 Å². The summed E-state index contributed by atoms with van der Waals surface area (Å²) < 4.78 is 23.7. The average Bonchev–Trinajstić information content (AvgIpc) is 2.63. The molecule has 6 heteroatoms. The lowest BCUT2D eigenvalue weighted by Crippen LogP contribution is -2.43. The molecule has 1 unspecified atom stereocenters. The number of ether oxygens (including phenoxy) is 2. The van der Waals surface area contributed by atoms with Crippen molar-refractivity contribution in [1.82, 2.24) is 9.80 Å². The molecule has 0 bridgehead atoms. The highest BCUT2D eigenvalue weighted by atomic mass is 19.1. The first-order valence-electron chi connectivity index (χ1n) is 8.63. The Morgan fingerprint density at radius 1 is 1.32 bits per heavy atom. The zero-order valence-corrected chi connectivity index (χ0v) is 14.6. The van der Waals surface area contributed by atoms with Crippen LogP contribution in [0.4, 0.5) is 4.39 Å². The molecular formula is C19H27FN2O3. The summed E-state index contributed by atoms with van der Waals surface area (Å²) in [7, 11) is 0. The number of aliphatic hydroxyl groups excluding tert-OH is 1. The highest BCUT2D eigenvalue weighted by Crippen LogP contribution is 2.08. The van der Waals surface area contributed by atoms with Gasteiger partial charge in [-0.3, -0.25) is 9.80 Å². The van der Waals surface area contributed by atoms with Crippen molar-refractivity contribution in [3.63, 3.8) is 0 Å². The van der Waals surface area contributed by atoms with Gasteiger partial charge in [0.2, 0.25) is 0 Å². The van der Waals surface area contributed by atoms with Crippen LogP contribution in [0.1, 0.15) is 5.56 Å². The van der Waals surface area contributed by atoms with Crippen molar-refractivity contribution in [2.24, 2.45) is 0 Å². The number of aliphatic hydroxyl groups is 1. The summed E-state index contributed by atoms with van der Waals surface area (Å²) in [5, 5.41) is 10.2. The predicted molar refractivity (Wildman–Crippen MR) is 94.6 cm³/mol. The molecule has 25 heavy (non-hydrogen) atoms. The number of terminal acetylenes is 1. The molecule has 0 aromatic heterocycles. The largest absolute Gasteiger partial charge is 0.389 e. The van der Waals surface area contributed by atoms with Gasteiger partial charge in [0, 0.05) is 39.3 Å². The maximum atomic E-state index is 13.1. The van der Waals surface area contributed by atoms with Crippen molar-refractivity contribution in [2.75, 3.05) is 59.2 Å². The third kappa shape index (κ3) is 7.95. The van der Waals surface area contributed by atoms with Crippen molar-refractivity contribution in [3.8, 4) is 12.3 Å². The first-order chi connectivity index (χ1) is 12.2. The van der Waals surface area contributed by atoms with E-state index >= 15 is 0 Å². The first-order valence-corrected chi connectivity index (χ1v) is 8.63. The van der Waals surface area contributed by atoms with Crippen LogP contribution in [-0.2, 0) is 16.0 Å². The lowest BCUT2D eigenvalue weighted by atomic mass is 10.2. The Morgan fingerprint density at radius 3 is 2.72 bits per heavy atom. The number of halogens is 1. The SMILES string of the molecule is C#CCOCC(O)CN(CCN1CCOCC1)Cc1ccc(F)cc1. The number of hydrogen-bond acceptors (Lipinski definition) is 5. The second kappa shape index (κ2) is 11.2. The molecule has 1 N–H and O–H groups in total. The first kappa shape index (κ1) is 19.8. The van der Waals surface area contributed by atoms with Gasteiger partial charge in [0.15, 0.2) is 0 Å². The van der Waals surface area contributed by atoms with Crippen molar-refractivity contribution in [2.45, 2.75) is 12.6 Å². The Hall–Kier alpha value is -1.49. The predicted octanol–water partition coefficient (Wildman–Crippen LogP) is 0.971. The highest BCUT2D eigenvalue weighted by molar-refractivity contribution is 5.15. The van der Waals surface area contributed by atoms with E-state index in [1.165, 1.54) is 12.1 Å². The molecule has 0 aliphatic carbocycles. The zero-order valence-electron chi connectivity index (χ0n) is 14.6. The monoisotopic (exact) mass is 350 g/mol. The molecule has 0 radical (unpaired) electrons. The van der Waals surface area contributed by atoms with Crippen LogP contribution >= 0.6 is 0 Å². The molecule has 0 spiro atoms. The van der Waals surface area contributed by atoms with Gasteiger partial charge >= 0.3 is 0 Å². The van der Waals surface area contributed by atoms with Crippen LogP contribution in [0.5, 0.6) is 0 Å². The van der Waals surface area contributed by atoms with Gasteiger partial charge in [-0.25, -0.2) is 4.39 Å². The maximum absolute atomic E-state index is 13.1. The highest BCUT2D eigenvalue weighted by Gasteiger charge is 2.16. The lowest BCUT2D eigenvalue weighted by molar-refractivity contribution is 0.0136. The number of morpholine rings is 1. The van der Waals surface area contributed by atoms with Gasteiger partial charge in [0.1, 0.15) is 12.4 Å². The third-order valence-corrected chi connectivity index (χ3v) is 4.12. The van der Waals surface area contributed by atoms with E-state index < -0.39 is 6.10 Å². The number of rotatable bonds is 10. The Balaban J connectivity index is 1.87. The number of hydrogen-bond donors (Lipinski definition) is 1. The fourth-order valence-corrected chi connectivity index (χ4v) is 2.80. The van der Waals surface area contributed by atoms with Crippen LogP contribution in [0.3, 0.4) is 0 Å². The minimum absolute atomic E-state index is 0.197. The van der Waals surface area contributed by atoms with Crippen LogP contribution in [-0.4, -0.2) is 80.2 Å². The van der Waals surface area contributed by atoms with Gasteiger partial charge in [-0.2, -0.15) is 0 Å². The molecule has 2 rings (SSSR count). The molecule has 1 aromatic carbocycles. The minimum atomic E-state index is -0.613. The Bertz CT molecular complexity index is 526. The molecule has 1 fully saturated rings. The Morgan fingerprint density at radius 2 is 2.04 bits per heavy atom. The van der Waals surface area contributed by atoms with Gasteiger partial charge in [-0.05, 0) is 17.7 Å². The summed E-state index contributed by atoms with van der Waals surface area (Å²) in [6, 6.07) is 6.47. The summed E-state index contributed by atoms with van der Waals surface area (Å²) in [5.74, 6) is 2.14. The van der Waals surface area contributed by atoms with Crippen LogP contribution in [0.25, 0.3) is 0 Å². The standard InChI is InChI=1S/C19H27FN2O3/c1-2-11-25-16-19(23)15-22(8-7-21-9-12-24-13-10-21)14-17-3-5-18(20)6-4-17/h1,3-6,19,23H,7-16H2. The van der Waals surface area contributed by atoms with Gasteiger partial charge in [0.05, 0.1) is 25.9 Å². The van der Waals surface area contributed by atoms with Crippen molar-refractivity contribution >= 4 is 0 Å². The van der Waals surface area contributed by atoms with Gasteiger partial charge in [0.25, 0.3) is 0 Å². The molecular weight excluding hydrogens is 323 g/mol. The van der Waals surface area contributed by atoms with Crippen LogP contribution < -0.4 is 0 Å².